The van der Waals surface area contributed by atoms with Crippen LogP contribution in [0.5, 0.6) is 0 Å². The lowest BCUT2D eigenvalue weighted by atomic mass is 10.2. The van der Waals surface area contributed by atoms with Crippen molar-refractivity contribution in [1.29, 1.82) is 0 Å². The van der Waals surface area contributed by atoms with E-state index in [0.29, 0.717) is 11.4 Å². The van der Waals surface area contributed by atoms with E-state index in [1.54, 1.807) is 6.07 Å². The first-order valence-electron chi connectivity index (χ1n) is 5.74. The van der Waals surface area contributed by atoms with Crippen molar-refractivity contribution in [1.82, 2.24) is 4.72 Å². The summed E-state index contributed by atoms with van der Waals surface area (Å²) in [6.07, 6.45) is 4.73. The molecule has 96 valence electrons. The molecule has 1 fully saturated rings. The van der Waals surface area contributed by atoms with E-state index in [2.05, 4.69) is 20.7 Å². The number of nitrogens with one attached hydrogen (secondary N) is 1. The number of aryl methyl sites for hydroxylation is 1. The number of rotatable bonds is 6. The minimum Gasteiger partial charge on any atom is -0.211 e. The summed E-state index contributed by atoms with van der Waals surface area (Å²) in [6.45, 7) is 2.37. The first-order valence-corrected chi connectivity index (χ1v) is 8.84. The quantitative estimate of drug-likeness (QED) is 0.809. The molecule has 0 aliphatic heterocycles. The number of sulfonamides is 1. The Hall–Kier alpha value is 0.0900. The Morgan fingerprint density at radius 2 is 2.24 bits per heavy atom. The second-order valence-electron chi connectivity index (χ2n) is 4.45. The predicted octanol–water partition coefficient (Wildman–Crippen LogP) is 3.29. The van der Waals surface area contributed by atoms with Crippen LogP contribution >= 0.6 is 27.3 Å². The van der Waals surface area contributed by atoms with E-state index in [-0.39, 0.29) is 0 Å². The maximum atomic E-state index is 12.0. The fourth-order valence-corrected chi connectivity index (χ4v) is 5.27. The third-order valence-electron chi connectivity index (χ3n) is 2.91. The van der Waals surface area contributed by atoms with Crippen LogP contribution in [0.15, 0.2) is 14.7 Å². The van der Waals surface area contributed by atoms with Crippen molar-refractivity contribution in [2.45, 2.75) is 37.5 Å². The molecule has 0 saturated heterocycles. The van der Waals surface area contributed by atoms with Gasteiger partial charge in [0.25, 0.3) is 0 Å². The molecule has 6 heteroatoms. The molecule has 0 aromatic carbocycles. The summed E-state index contributed by atoms with van der Waals surface area (Å²) < 4.78 is 27.5. The Kier molecular flexibility index (Phi) is 4.28. The highest BCUT2D eigenvalue weighted by atomic mass is 79.9. The number of thiophene rings is 1. The number of halogens is 1. The van der Waals surface area contributed by atoms with Crippen LogP contribution in [0.2, 0.25) is 0 Å². The van der Waals surface area contributed by atoms with Crippen molar-refractivity contribution in [2.75, 3.05) is 6.54 Å². The van der Waals surface area contributed by atoms with Crippen LogP contribution in [-0.2, 0) is 10.0 Å². The van der Waals surface area contributed by atoms with Gasteiger partial charge in [-0.15, -0.1) is 11.3 Å². The van der Waals surface area contributed by atoms with E-state index in [9.17, 15) is 8.42 Å². The molecule has 1 saturated carbocycles. The van der Waals surface area contributed by atoms with Gasteiger partial charge in [0.2, 0.25) is 10.0 Å². The zero-order chi connectivity index (χ0) is 12.5. The van der Waals surface area contributed by atoms with E-state index in [1.807, 2.05) is 6.92 Å². The third kappa shape index (κ3) is 3.77. The molecule has 17 heavy (non-hydrogen) atoms. The normalized spacial score (nSPS) is 16.4. The zero-order valence-corrected chi connectivity index (χ0v) is 12.9. The monoisotopic (exact) mass is 337 g/mol. The summed E-state index contributed by atoms with van der Waals surface area (Å²) in [5.74, 6) is 0.858. The predicted molar refractivity (Wildman–Crippen MR) is 73.9 cm³/mol. The first kappa shape index (κ1) is 13.5. The van der Waals surface area contributed by atoms with E-state index >= 15 is 0 Å². The maximum Gasteiger partial charge on any atom is 0.241 e. The van der Waals surface area contributed by atoms with Crippen LogP contribution in [0.4, 0.5) is 0 Å². The molecule has 1 aliphatic rings. The molecule has 0 atom stereocenters. The molecule has 1 N–H and O–H groups in total. The van der Waals surface area contributed by atoms with Gasteiger partial charge in [-0.3, -0.25) is 0 Å². The fourth-order valence-electron chi connectivity index (χ4n) is 1.78. The van der Waals surface area contributed by atoms with Crippen molar-refractivity contribution in [3.8, 4) is 0 Å². The Bertz CT molecular complexity index is 492. The Balaban J connectivity index is 1.90. The molecule has 1 aliphatic carbocycles. The highest BCUT2D eigenvalue weighted by Crippen LogP contribution is 2.33. The van der Waals surface area contributed by atoms with Gasteiger partial charge in [-0.05, 0) is 47.7 Å². The fraction of sp³-hybridized carbons (Fsp3) is 0.636. The lowest BCUT2D eigenvalue weighted by Gasteiger charge is -2.05. The molecule has 3 nitrogen and oxygen atoms in total. The summed E-state index contributed by atoms with van der Waals surface area (Å²) in [5.41, 5.74) is 0. The standard InChI is InChI=1S/C11H16BrNO2S2/c1-8-10(7-11(12)16-8)17(14,15)13-6-2-3-9-4-5-9/h7,9,13H,2-6H2,1H3. The van der Waals surface area contributed by atoms with E-state index in [0.717, 1.165) is 27.4 Å². The van der Waals surface area contributed by atoms with Crippen LogP contribution in [0.3, 0.4) is 0 Å². The van der Waals surface area contributed by atoms with Gasteiger partial charge < -0.3 is 0 Å². The molecular weight excluding hydrogens is 322 g/mol. The van der Waals surface area contributed by atoms with Gasteiger partial charge in [-0.1, -0.05) is 12.8 Å². The lowest BCUT2D eigenvalue weighted by Crippen LogP contribution is -2.25. The van der Waals surface area contributed by atoms with Crippen LogP contribution in [0, 0.1) is 12.8 Å². The summed E-state index contributed by atoms with van der Waals surface area (Å²) in [5, 5.41) is 0. The lowest BCUT2D eigenvalue weighted by molar-refractivity contribution is 0.572. The average molecular weight is 338 g/mol. The van der Waals surface area contributed by atoms with E-state index in [1.165, 1.54) is 24.2 Å². The summed E-state index contributed by atoms with van der Waals surface area (Å²) in [4.78, 5) is 1.23. The van der Waals surface area contributed by atoms with Gasteiger partial charge in [0.1, 0.15) is 0 Å². The smallest absolute Gasteiger partial charge is 0.211 e. The van der Waals surface area contributed by atoms with Crippen molar-refractivity contribution in [3.05, 3.63) is 14.7 Å². The molecular formula is C11H16BrNO2S2. The van der Waals surface area contributed by atoms with Gasteiger partial charge in [0, 0.05) is 11.4 Å². The number of hydrogen-bond donors (Lipinski definition) is 1. The van der Waals surface area contributed by atoms with E-state index in [4.69, 9.17) is 0 Å². The Morgan fingerprint density at radius 3 is 2.76 bits per heavy atom. The average Bonchev–Trinajstić information content (AvgIpc) is 2.99. The zero-order valence-electron chi connectivity index (χ0n) is 9.70. The minimum absolute atomic E-state index is 0.404. The highest BCUT2D eigenvalue weighted by molar-refractivity contribution is 9.11. The molecule has 1 aromatic heterocycles. The van der Waals surface area contributed by atoms with Crippen LogP contribution in [-0.4, -0.2) is 15.0 Å². The topological polar surface area (TPSA) is 46.2 Å². The molecule has 0 bridgehead atoms. The molecule has 1 heterocycles. The number of hydrogen-bond acceptors (Lipinski definition) is 3. The van der Waals surface area contributed by atoms with Crippen molar-refractivity contribution < 1.29 is 8.42 Å². The van der Waals surface area contributed by atoms with Crippen molar-refractivity contribution in [2.24, 2.45) is 5.92 Å². The van der Waals surface area contributed by atoms with Gasteiger partial charge in [-0.2, -0.15) is 0 Å². The van der Waals surface area contributed by atoms with E-state index < -0.39 is 10.0 Å². The minimum atomic E-state index is -3.32. The van der Waals surface area contributed by atoms with Gasteiger partial charge in [0.05, 0.1) is 8.68 Å². The first-order chi connectivity index (χ1) is 7.99. The molecule has 0 radical (unpaired) electrons. The van der Waals surface area contributed by atoms with Crippen molar-refractivity contribution >= 4 is 37.3 Å². The molecule has 1 aromatic rings. The van der Waals surface area contributed by atoms with Gasteiger partial charge in [0.15, 0.2) is 0 Å². The molecule has 0 unspecified atom stereocenters. The molecule has 0 amide bonds. The SMILES string of the molecule is Cc1sc(Br)cc1S(=O)(=O)NCCCC1CC1. The van der Waals surface area contributed by atoms with Crippen LogP contribution in [0.25, 0.3) is 0 Å². The van der Waals surface area contributed by atoms with Gasteiger partial charge >= 0.3 is 0 Å². The second-order valence-corrected chi connectivity index (χ2v) is 8.83. The summed E-state index contributed by atoms with van der Waals surface area (Å²) in [6, 6.07) is 1.67. The summed E-state index contributed by atoms with van der Waals surface area (Å²) >= 11 is 4.76. The van der Waals surface area contributed by atoms with Crippen molar-refractivity contribution in [3.63, 3.8) is 0 Å². The largest absolute Gasteiger partial charge is 0.241 e. The Morgan fingerprint density at radius 1 is 1.53 bits per heavy atom. The van der Waals surface area contributed by atoms with Gasteiger partial charge in [-0.25, -0.2) is 13.1 Å². The highest BCUT2D eigenvalue weighted by Gasteiger charge is 2.22. The maximum absolute atomic E-state index is 12.0. The van der Waals surface area contributed by atoms with Crippen LogP contribution in [0.1, 0.15) is 30.6 Å². The van der Waals surface area contributed by atoms with Crippen LogP contribution < -0.4 is 4.72 Å². The summed E-state index contributed by atoms with van der Waals surface area (Å²) in [7, 11) is -3.32. The second kappa shape index (κ2) is 5.38. The molecule has 2 rings (SSSR count). The molecule has 0 spiro atoms. The third-order valence-corrected chi connectivity index (χ3v) is 6.18. The Labute approximate surface area is 115 Å².